The molecular weight excluding hydrogens is 592 g/mol. The lowest BCUT2D eigenvalue weighted by Crippen LogP contribution is -2.68. The van der Waals surface area contributed by atoms with Crippen molar-refractivity contribution in [2.45, 2.75) is 143 Å². The molecule has 5 fully saturated rings. The maximum atomic E-state index is 14.4. The summed E-state index contributed by atoms with van der Waals surface area (Å²) in [4.78, 5) is 27.6. The quantitative estimate of drug-likeness (QED) is 0.197. The highest BCUT2D eigenvalue weighted by atomic mass is 16.7. The Bertz CT molecular complexity index is 1290. The molecule has 0 spiro atoms. The minimum atomic E-state index is -1.71. The van der Waals surface area contributed by atoms with Gasteiger partial charge in [-0.15, -0.1) is 0 Å². The zero-order chi connectivity index (χ0) is 34.0. The van der Waals surface area contributed by atoms with Gasteiger partial charge in [-0.2, -0.15) is 0 Å². The van der Waals surface area contributed by atoms with E-state index < -0.39 is 77.7 Å². The van der Waals surface area contributed by atoms with E-state index in [0.717, 1.165) is 18.4 Å². The molecule has 14 unspecified atom stereocenters. The second-order valence-electron chi connectivity index (χ2n) is 17.8. The van der Waals surface area contributed by atoms with Gasteiger partial charge in [-0.3, -0.25) is 9.59 Å². The summed E-state index contributed by atoms with van der Waals surface area (Å²) < 4.78 is 11.4. The van der Waals surface area contributed by atoms with Gasteiger partial charge in [-0.25, -0.2) is 0 Å². The van der Waals surface area contributed by atoms with E-state index in [9.17, 15) is 40.2 Å². The van der Waals surface area contributed by atoms with Crippen LogP contribution in [0.3, 0.4) is 0 Å². The van der Waals surface area contributed by atoms with Crippen molar-refractivity contribution in [2.24, 2.45) is 50.2 Å². The molecule has 6 aliphatic rings. The number of fused-ring (bicyclic) bond motifs is 7. The molecule has 6 rings (SSSR count). The Hall–Kier alpha value is -1.40. The van der Waals surface area contributed by atoms with E-state index in [1.54, 1.807) is 0 Å². The van der Waals surface area contributed by atoms with E-state index in [-0.39, 0.29) is 33.9 Å². The van der Waals surface area contributed by atoms with E-state index in [0.29, 0.717) is 38.5 Å². The van der Waals surface area contributed by atoms with E-state index in [1.807, 2.05) is 27.7 Å². The fourth-order valence-electron chi connectivity index (χ4n) is 11.9. The van der Waals surface area contributed by atoms with Gasteiger partial charge in [0.25, 0.3) is 0 Å². The summed E-state index contributed by atoms with van der Waals surface area (Å²) >= 11 is 0. The first-order valence-corrected chi connectivity index (χ1v) is 17.4. The summed E-state index contributed by atoms with van der Waals surface area (Å²) in [7, 11) is 0. The number of ketones is 1. The Labute approximate surface area is 272 Å². The van der Waals surface area contributed by atoms with Crippen molar-refractivity contribution in [3.8, 4) is 0 Å². The number of carbonyl (C=O) groups excluding carboxylic acids is 2. The largest absolute Gasteiger partial charge is 0.432 e. The molecule has 0 aromatic heterocycles. The van der Waals surface area contributed by atoms with Gasteiger partial charge < -0.3 is 40.1 Å². The fraction of sp³-hybridized carbons (Fsp3) is 0.889. The minimum absolute atomic E-state index is 0.0650. The molecule has 1 saturated heterocycles. The highest BCUT2D eigenvalue weighted by Gasteiger charge is 2.71. The molecule has 260 valence electrons. The normalized spacial score (nSPS) is 52.7. The first kappa shape index (κ1) is 34.5. The van der Waals surface area contributed by atoms with Crippen LogP contribution in [0, 0.1) is 50.2 Å². The van der Waals surface area contributed by atoms with Crippen LogP contribution in [0.5, 0.6) is 0 Å². The second-order valence-corrected chi connectivity index (χ2v) is 17.8. The molecule has 14 atom stereocenters. The third-order valence-electron chi connectivity index (χ3n) is 15.0. The summed E-state index contributed by atoms with van der Waals surface area (Å²) in [5.74, 6) is -0.895. The van der Waals surface area contributed by atoms with Crippen LogP contribution in [-0.4, -0.2) is 91.9 Å². The highest BCUT2D eigenvalue weighted by molar-refractivity contribution is 5.89. The molecule has 10 nitrogen and oxygen atoms in total. The summed E-state index contributed by atoms with van der Waals surface area (Å²) in [6.45, 7) is 14.3. The predicted octanol–water partition coefficient (Wildman–Crippen LogP) is 2.64. The number of hydrogen-bond donors (Lipinski definition) is 6. The van der Waals surface area contributed by atoms with Gasteiger partial charge in [0.15, 0.2) is 5.78 Å². The van der Waals surface area contributed by atoms with E-state index in [2.05, 4.69) is 26.8 Å². The monoisotopic (exact) mass is 648 g/mol. The zero-order valence-electron chi connectivity index (χ0n) is 28.5. The van der Waals surface area contributed by atoms with Gasteiger partial charge in [-0.05, 0) is 84.9 Å². The molecule has 4 saturated carbocycles. The molecule has 0 amide bonds. The Kier molecular flexibility index (Phi) is 8.09. The highest BCUT2D eigenvalue weighted by Crippen LogP contribution is 2.75. The number of aliphatic hydroxyl groups excluding tert-OH is 6. The number of allylic oxidation sites excluding steroid dienone is 1. The van der Waals surface area contributed by atoms with Crippen LogP contribution in [0.1, 0.15) is 99.8 Å². The van der Waals surface area contributed by atoms with E-state index in [1.165, 1.54) is 0 Å². The lowest BCUT2D eigenvalue weighted by atomic mass is 9.33. The molecule has 0 aromatic carbocycles. The number of aliphatic hydroxyl groups is 6. The van der Waals surface area contributed by atoms with Gasteiger partial charge in [-0.1, -0.05) is 60.1 Å². The third-order valence-corrected chi connectivity index (χ3v) is 15.0. The van der Waals surface area contributed by atoms with Crippen molar-refractivity contribution in [2.75, 3.05) is 6.61 Å². The second kappa shape index (κ2) is 10.8. The first-order valence-electron chi connectivity index (χ1n) is 17.4. The summed E-state index contributed by atoms with van der Waals surface area (Å²) in [6.07, 6.45) is -2.25. The predicted molar refractivity (Wildman–Crippen MR) is 167 cm³/mol. The van der Waals surface area contributed by atoms with Crippen LogP contribution in [0.15, 0.2) is 11.6 Å². The van der Waals surface area contributed by atoms with Crippen LogP contribution in [0.25, 0.3) is 0 Å². The molecule has 6 N–H and O–H groups in total. The smallest absolute Gasteiger partial charge is 0.315 e. The van der Waals surface area contributed by atoms with Gasteiger partial charge in [0.05, 0.1) is 18.1 Å². The molecule has 1 heterocycles. The Morgan fingerprint density at radius 1 is 0.891 bits per heavy atom. The van der Waals surface area contributed by atoms with Gasteiger partial charge in [0.1, 0.15) is 30.5 Å². The SMILES string of the molecule is CC1(C)CCC2(C(=O)OC3OC(CO)C(O)C(O)C3O)CCC3(C)C(=CCC4C5(C)CC(O)C(=O)C(C)(C)C5CCC43C)C2C1O. The molecule has 0 bridgehead atoms. The molecular formula is C36H56O10. The lowest BCUT2D eigenvalue weighted by molar-refractivity contribution is -0.298. The van der Waals surface area contributed by atoms with Gasteiger partial charge >= 0.3 is 5.97 Å². The van der Waals surface area contributed by atoms with Crippen molar-refractivity contribution in [3.63, 3.8) is 0 Å². The standard InChI is InChI=1S/C36H56O10/c1-31(2)12-14-36(30(44)46-29-26(41)25(40)24(39)20(17-37)45-29)15-13-34(6)18(23(36)28(31)43)8-9-22-33(5)16-19(38)27(42)32(3,4)21(33)10-11-35(22,34)7/h8,19-26,28-29,37-41,43H,9-17H2,1-7H3. The number of rotatable bonds is 3. The zero-order valence-corrected chi connectivity index (χ0v) is 28.5. The molecule has 1 aliphatic heterocycles. The number of hydrogen-bond acceptors (Lipinski definition) is 10. The van der Waals surface area contributed by atoms with Crippen molar-refractivity contribution >= 4 is 11.8 Å². The van der Waals surface area contributed by atoms with Crippen molar-refractivity contribution in [1.82, 2.24) is 0 Å². The number of Topliss-reactive ketones (excluding diaryl/α,β-unsaturated/α-hetero) is 1. The number of carbonyl (C=O) groups is 2. The number of ether oxygens (including phenoxy) is 2. The molecule has 0 radical (unpaired) electrons. The molecule has 0 aromatic rings. The lowest BCUT2D eigenvalue weighted by Gasteiger charge is -2.71. The van der Waals surface area contributed by atoms with Gasteiger partial charge in [0, 0.05) is 11.3 Å². The topological polar surface area (TPSA) is 174 Å². The van der Waals surface area contributed by atoms with E-state index >= 15 is 0 Å². The third kappa shape index (κ3) is 4.39. The van der Waals surface area contributed by atoms with Crippen molar-refractivity contribution in [1.29, 1.82) is 0 Å². The first-order chi connectivity index (χ1) is 21.2. The molecule has 5 aliphatic carbocycles. The summed E-state index contributed by atoms with van der Waals surface area (Å²) in [6, 6.07) is 0. The fourth-order valence-corrected chi connectivity index (χ4v) is 11.9. The van der Waals surface area contributed by atoms with Crippen LogP contribution < -0.4 is 0 Å². The summed E-state index contributed by atoms with van der Waals surface area (Å²) in [5.41, 5.74) is -1.99. The maximum Gasteiger partial charge on any atom is 0.315 e. The number of esters is 1. The van der Waals surface area contributed by atoms with Crippen LogP contribution in [0.2, 0.25) is 0 Å². The Balaban J connectivity index is 1.39. The average molecular weight is 649 g/mol. The van der Waals surface area contributed by atoms with Crippen molar-refractivity contribution < 1.29 is 49.7 Å². The maximum absolute atomic E-state index is 14.4. The average Bonchev–Trinajstić information content (AvgIpc) is 2.98. The van der Waals surface area contributed by atoms with Gasteiger partial charge in [0.2, 0.25) is 6.29 Å². The van der Waals surface area contributed by atoms with E-state index in [4.69, 9.17) is 9.47 Å². The molecule has 46 heavy (non-hydrogen) atoms. The van der Waals surface area contributed by atoms with Crippen LogP contribution in [0.4, 0.5) is 0 Å². The Morgan fingerprint density at radius 3 is 2.20 bits per heavy atom. The minimum Gasteiger partial charge on any atom is -0.432 e. The Morgan fingerprint density at radius 2 is 1.54 bits per heavy atom. The van der Waals surface area contributed by atoms with Crippen molar-refractivity contribution in [3.05, 3.63) is 11.6 Å². The molecule has 10 heteroatoms. The summed E-state index contributed by atoms with van der Waals surface area (Å²) in [5, 5.41) is 64.2. The van der Waals surface area contributed by atoms with Crippen LogP contribution >= 0.6 is 0 Å². The van der Waals surface area contributed by atoms with Crippen LogP contribution in [-0.2, 0) is 19.1 Å².